The predicted octanol–water partition coefficient (Wildman–Crippen LogP) is 7.06. The lowest BCUT2D eigenvalue weighted by Crippen LogP contribution is -2.50. The van der Waals surface area contributed by atoms with Crippen molar-refractivity contribution in [3.8, 4) is 0 Å². The predicted molar refractivity (Wildman–Crippen MR) is 129 cm³/mol. The van der Waals surface area contributed by atoms with Crippen molar-refractivity contribution >= 4 is 11.8 Å². The Balaban J connectivity index is 1.48. The molecule has 178 valence electrons. The maximum absolute atomic E-state index is 12.2. The number of Topliss-reactive ketones (excluding diaryl/α,β-unsaturated/α-hetero) is 1. The van der Waals surface area contributed by atoms with Crippen LogP contribution in [0.4, 0.5) is 0 Å². The van der Waals surface area contributed by atoms with Gasteiger partial charge in [0, 0.05) is 25.7 Å². The molecule has 0 N–H and O–H groups in total. The molecule has 0 saturated heterocycles. The lowest BCUT2D eigenvalue weighted by Gasteiger charge is -2.58. The standard InChI is InChI=1S/C29H44O3/c1-18(2)27(31)12-7-19(3)24-10-11-25-23-9-8-21-17-22(32-20(4)30)13-15-28(21,5)26(23)14-16-29(24,25)6/h8,10,18-19,22-23,25-26H,7,9,11-17H2,1-6H3/t19-,22+,23+,25+,26+,28+,29-/m1/s1. The molecule has 4 aliphatic carbocycles. The van der Waals surface area contributed by atoms with E-state index in [1.807, 2.05) is 13.8 Å². The van der Waals surface area contributed by atoms with Crippen molar-refractivity contribution in [3.05, 3.63) is 23.3 Å². The van der Waals surface area contributed by atoms with E-state index in [0.717, 1.165) is 49.9 Å². The van der Waals surface area contributed by atoms with E-state index in [2.05, 4.69) is 32.9 Å². The summed E-state index contributed by atoms with van der Waals surface area (Å²) in [5.74, 6) is 3.17. The highest BCUT2D eigenvalue weighted by molar-refractivity contribution is 5.80. The molecule has 0 radical (unpaired) electrons. The van der Waals surface area contributed by atoms with E-state index < -0.39 is 0 Å². The topological polar surface area (TPSA) is 43.4 Å². The fraction of sp³-hybridized carbons (Fsp3) is 0.793. The molecule has 3 heteroatoms. The van der Waals surface area contributed by atoms with Gasteiger partial charge < -0.3 is 4.74 Å². The van der Waals surface area contributed by atoms with Crippen molar-refractivity contribution < 1.29 is 14.3 Å². The van der Waals surface area contributed by atoms with Crippen LogP contribution in [0.15, 0.2) is 23.3 Å². The van der Waals surface area contributed by atoms with Crippen molar-refractivity contribution in [2.45, 2.75) is 105 Å². The van der Waals surface area contributed by atoms with Gasteiger partial charge in [-0.1, -0.05) is 57.9 Å². The van der Waals surface area contributed by atoms with E-state index >= 15 is 0 Å². The molecule has 0 aromatic carbocycles. The Labute approximate surface area is 195 Å². The van der Waals surface area contributed by atoms with Crippen LogP contribution >= 0.6 is 0 Å². The molecule has 0 heterocycles. The summed E-state index contributed by atoms with van der Waals surface area (Å²) in [6, 6.07) is 0. The second-order valence-electron chi connectivity index (χ2n) is 12.1. The summed E-state index contributed by atoms with van der Waals surface area (Å²) >= 11 is 0. The van der Waals surface area contributed by atoms with Crippen LogP contribution in [0.3, 0.4) is 0 Å². The van der Waals surface area contributed by atoms with Gasteiger partial charge in [0.2, 0.25) is 0 Å². The number of hydrogen-bond acceptors (Lipinski definition) is 3. The molecule has 0 spiro atoms. The highest BCUT2D eigenvalue weighted by atomic mass is 16.5. The largest absolute Gasteiger partial charge is 0.462 e. The van der Waals surface area contributed by atoms with Gasteiger partial charge in [-0.05, 0) is 79.4 Å². The van der Waals surface area contributed by atoms with E-state index in [9.17, 15) is 9.59 Å². The van der Waals surface area contributed by atoms with Crippen molar-refractivity contribution in [1.82, 2.24) is 0 Å². The summed E-state index contributed by atoms with van der Waals surface area (Å²) in [7, 11) is 0. The Morgan fingerprint density at radius 1 is 1.03 bits per heavy atom. The Bertz CT molecular complexity index is 820. The van der Waals surface area contributed by atoms with Crippen LogP contribution in [0.1, 0.15) is 99.3 Å². The molecule has 0 aliphatic heterocycles. The summed E-state index contributed by atoms with van der Waals surface area (Å²) in [4.78, 5) is 23.7. The molecule has 4 aliphatic rings. The number of fused-ring (bicyclic) bond motifs is 5. The molecule has 0 amide bonds. The van der Waals surface area contributed by atoms with E-state index in [-0.39, 0.29) is 23.4 Å². The van der Waals surface area contributed by atoms with Crippen molar-refractivity contribution in [2.75, 3.05) is 0 Å². The summed E-state index contributed by atoms with van der Waals surface area (Å²) in [5.41, 5.74) is 3.79. The van der Waals surface area contributed by atoms with Gasteiger partial charge in [-0.15, -0.1) is 0 Å². The van der Waals surface area contributed by atoms with Crippen molar-refractivity contribution in [1.29, 1.82) is 0 Å². The zero-order chi connectivity index (χ0) is 23.3. The third-order valence-corrected chi connectivity index (χ3v) is 10.0. The number of hydrogen-bond donors (Lipinski definition) is 0. The lowest BCUT2D eigenvalue weighted by atomic mass is 9.47. The van der Waals surface area contributed by atoms with Crippen LogP contribution in [0.2, 0.25) is 0 Å². The zero-order valence-corrected chi connectivity index (χ0v) is 21.2. The van der Waals surface area contributed by atoms with Gasteiger partial charge in [0.25, 0.3) is 0 Å². The van der Waals surface area contributed by atoms with E-state index in [4.69, 9.17) is 4.74 Å². The number of rotatable bonds is 6. The normalized spacial score (nSPS) is 39.3. The minimum atomic E-state index is -0.143. The number of carbonyl (C=O) groups excluding carboxylic acids is 2. The SMILES string of the molecule is CC(=O)O[C@H]1CC[C@@]2(C)C(=CC[C@@H]3[C@@H]2CC[C@]2(C)C([C@H](C)CCC(=O)C(C)C)=CC[C@@H]32)C1. The molecule has 32 heavy (non-hydrogen) atoms. The molecule has 0 bridgehead atoms. The Morgan fingerprint density at radius 3 is 2.44 bits per heavy atom. The first-order valence-electron chi connectivity index (χ1n) is 13.2. The number of allylic oxidation sites excluding steroid dienone is 3. The van der Waals surface area contributed by atoms with Crippen LogP contribution in [-0.2, 0) is 14.3 Å². The van der Waals surface area contributed by atoms with Gasteiger partial charge in [-0.3, -0.25) is 9.59 Å². The first-order chi connectivity index (χ1) is 15.1. The Kier molecular flexibility index (Phi) is 6.51. The molecular weight excluding hydrogens is 396 g/mol. The summed E-state index contributed by atoms with van der Waals surface area (Å²) in [6.07, 6.45) is 15.0. The van der Waals surface area contributed by atoms with Crippen molar-refractivity contribution in [3.63, 3.8) is 0 Å². The second kappa shape index (κ2) is 8.76. The summed E-state index contributed by atoms with van der Waals surface area (Å²) in [6.45, 7) is 13.0. The quantitative estimate of drug-likeness (QED) is 0.328. The zero-order valence-electron chi connectivity index (χ0n) is 21.2. The van der Waals surface area contributed by atoms with Gasteiger partial charge in [0.05, 0.1) is 0 Å². The fourth-order valence-electron chi connectivity index (χ4n) is 8.13. The monoisotopic (exact) mass is 440 g/mol. The average molecular weight is 441 g/mol. The number of ketones is 1. The van der Waals surface area contributed by atoms with Crippen LogP contribution in [0.5, 0.6) is 0 Å². The van der Waals surface area contributed by atoms with E-state index in [1.54, 1.807) is 11.1 Å². The van der Waals surface area contributed by atoms with Gasteiger partial charge >= 0.3 is 5.97 Å². The van der Waals surface area contributed by atoms with E-state index in [0.29, 0.717) is 17.1 Å². The molecule has 7 atom stereocenters. The molecule has 2 saturated carbocycles. The van der Waals surface area contributed by atoms with Gasteiger partial charge in [-0.25, -0.2) is 0 Å². The summed E-state index contributed by atoms with van der Waals surface area (Å²) < 4.78 is 5.59. The average Bonchev–Trinajstić information content (AvgIpc) is 3.08. The number of esters is 1. The maximum Gasteiger partial charge on any atom is 0.302 e. The van der Waals surface area contributed by atoms with E-state index in [1.165, 1.54) is 32.6 Å². The van der Waals surface area contributed by atoms with Crippen LogP contribution < -0.4 is 0 Å². The highest BCUT2D eigenvalue weighted by Crippen LogP contribution is 2.65. The Hall–Kier alpha value is -1.38. The second-order valence-corrected chi connectivity index (χ2v) is 12.1. The maximum atomic E-state index is 12.2. The number of carbonyl (C=O) groups is 2. The fourth-order valence-corrected chi connectivity index (χ4v) is 8.13. The third-order valence-electron chi connectivity index (χ3n) is 10.0. The minimum Gasteiger partial charge on any atom is -0.462 e. The van der Waals surface area contributed by atoms with Crippen LogP contribution in [0.25, 0.3) is 0 Å². The number of ether oxygens (including phenoxy) is 1. The van der Waals surface area contributed by atoms with Gasteiger partial charge in [0.1, 0.15) is 11.9 Å². The molecular formula is C29H44O3. The summed E-state index contributed by atoms with van der Waals surface area (Å²) in [5, 5.41) is 0. The Morgan fingerprint density at radius 2 is 1.75 bits per heavy atom. The smallest absolute Gasteiger partial charge is 0.302 e. The first-order valence-corrected chi connectivity index (χ1v) is 13.2. The highest BCUT2D eigenvalue weighted by Gasteiger charge is 2.57. The lowest BCUT2D eigenvalue weighted by molar-refractivity contribution is -0.148. The van der Waals surface area contributed by atoms with Crippen molar-refractivity contribution in [2.24, 2.45) is 40.4 Å². The molecule has 0 aromatic heterocycles. The van der Waals surface area contributed by atoms with Crippen LogP contribution in [-0.4, -0.2) is 17.9 Å². The third kappa shape index (κ3) is 4.03. The molecule has 0 unspecified atom stereocenters. The molecule has 0 aromatic rings. The molecule has 3 nitrogen and oxygen atoms in total. The van der Waals surface area contributed by atoms with Gasteiger partial charge in [0.15, 0.2) is 0 Å². The minimum absolute atomic E-state index is 0.0754. The molecule has 4 rings (SSSR count). The van der Waals surface area contributed by atoms with Gasteiger partial charge in [-0.2, -0.15) is 0 Å². The van der Waals surface area contributed by atoms with Crippen LogP contribution in [0, 0.1) is 40.4 Å². The molecule has 2 fully saturated rings. The first kappa shape index (κ1) is 23.8.